The number of hydrogen-bond acceptors (Lipinski definition) is 5. The molecule has 1 aliphatic heterocycles. The third kappa shape index (κ3) is 3.99. The Morgan fingerprint density at radius 1 is 1.18 bits per heavy atom. The molecular weight excluding hydrogens is 407 g/mol. The van der Waals surface area contributed by atoms with Gasteiger partial charge in [0.15, 0.2) is 0 Å². The minimum atomic E-state index is -3.84. The van der Waals surface area contributed by atoms with Crippen LogP contribution in [0.15, 0.2) is 47.4 Å². The van der Waals surface area contributed by atoms with Gasteiger partial charge < -0.3 is 9.64 Å². The van der Waals surface area contributed by atoms with E-state index in [0.29, 0.717) is 18.7 Å². The van der Waals surface area contributed by atoms with Crippen LogP contribution in [0.25, 0.3) is 0 Å². The Kier molecular flexibility index (Phi) is 5.92. The van der Waals surface area contributed by atoms with Gasteiger partial charge in [-0.05, 0) is 49.4 Å². The summed E-state index contributed by atoms with van der Waals surface area (Å²) < 4.78 is 45.3. The average molecular weight is 427 g/mol. The fourth-order valence-electron chi connectivity index (χ4n) is 3.27. The van der Waals surface area contributed by atoms with E-state index in [0.717, 1.165) is 17.8 Å². The van der Waals surface area contributed by atoms with E-state index in [1.165, 1.54) is 17.5 Å². The number of sulfonamides is 1. The quantitative estimate of drug-likeness (QED) is 0.702. The Morgan fingerprint density at radius 3 is 2.43 bits per heavy atom. The molecule has 0 aliphatic carbocycles. The monoisotopic (exact) mass is 426 g/mol. The molecule has 1 fully saturated rings. The summed E-state index contributed by atoms with van der Waals surface area (Å²) >= 11 is 5.96. The lowest BCUT2D eigenvalue weighted by atomic mass is 10.1. The van der Waals surface area contributed by atoms with Crippen LogP contribution in [0.2, 0.25) is 5.02 Å². The van der Waals surface area contributed by atoms with Crippen molar-refractivity contribution in [1.82, 2.24) is 4.31 Å². The number of anilines is 1. The van der Waals surface area contributed by atoms with Gasteiger partial charge in [-0.3, -0.25) is 0 Å². The number of rotatable bonds is 4. The molecule has 1 unspecified atom stereocenters. The SMILES string of the molecule is COC(=O)c1ccc(N2CCN(S(=O)(=O)c3ccc(F)cc3Cl)C(C)C2)cc1. The van der Waals surface area contributed by atoms with E-state index >= 15 is 0 Å². The summed E-state index contributed by atoms with van der Waals surface area (Å²) in [6.45, 7) is 3.01. The zero-order valence-electron chi connectivity index (χ0n) is 15.4. The zero-order valence-corrected chi connectivity index (χ0v) is 17.0. The van der Waals surface area contributed by atoms with E-state index in [9.17, 15) is 17.6 Å². The number of benzene rings is 2. The molecule has 1 saturated heterocycles. The maximum atomic E-state index is 13.3. The highest BCUT2D eigenvalue weighted by Crippen LogP contribution is 2.29. The number of carbonyl (C=O) groups excluding carboxylic acids is 1. The van der Waals surface area contributed by atoms with Gasteiger partial charge in [0, 0.05) is 31.4 Å². The number of hydrogen-bond donors (Lipinski definition) is 0. The summed E-state index contributed by atoms with van der Waals surface area (Å²) in [5.41, 5.74) is 1.34. The van der Waals surface area contributed by atoms with Crippen molar-refractivity contribution in [2.45, 2.75) is 17.9 Å². The molecule has 0 bridgehead atoms. The molecule has 9 heteroatoms. The number of piperazine rings is 1. The van der Waals surface area contributed by atoms with E-state index in [2.05, 4.69) is 4.74 Å². The minimum absolute atomic E-state index is 0.0988. The van der Waals surface area contributed by atoms with Crippen molar-refractivity contribution < 1.29 is 22.3 Å². The molecule has 0 N–H and O–H groups in total. The molecule has 3 rings (SSSR count). The summed E-state index contributed by atoms with van der Waals surface area (Å²) in [5, 5.41) is -0.131. The fourth-order valence-corrected chi connectivity index (χ4v) is 5.39. The molecule has 1 heterocycles. The molecule has 2 aromatic carbocycles. The van der Waals surface area contributed by atoms with Gasteiger partial charge in [-0.15, -0.1) is 0 Å². The summed E-state index contributed by atoms with van der Waals surface area (Å²) in [7, 11) is -2.51. The Hall–Kier alpha value is -2.16. The van der Waals surface area contributed by atoms with Crippen molar-refractivity contribution in [3.8, 4) is 0 Å². The lowest BCUT2D eigenvalue weighted by Crippen LogP contribution is -2.54. The van der Waals surface area contributed by atoms with Crippen LogP contribution in [0.4, 0.5) is 10.1 Å². The third-order valence-electron chi connectivity index (χ3n) is 4.70. The molecule has 1 atom stereocenters. The predicted molar refractivity (Wildman–Crippen MR) is 105 cm³/mol. The third-order valence-corrected chi connectivity index (χ3v) is 7.20. The number of methoxy groups -OCH3 is 1. The van der Waals surface area contributed by atoms with Crippen molar-refractivity contribution in [2.24, 2.45) is 0 Å². The van der Waals surface area contributed by atoms with Gasteiger partial charge in [-0.2, -0.15) is 4.31 Å². The smallest absolute Gasteiger partial charge is 0.337 e. The molecule has 0 saturated carbocycles. The molecule has 150 valence electrons. The number of halogens is 2. The molecule has 0 amide bonds. The molecule has 0 radical (unpaired) electrons. The minimum Gasteiger partial charge on any atom is -0.465 e. The summed E-state index contributed by atoms with van der Waals surface area (Å²) in [6, 6.07) is 9.92. The van der Waals surface area contributed by atoms with Crippen LogP contribution < -0.4 is 4.90 Å². The lowest BCUT2D eigenvalue weighted by Gasteiger charge is -2.40. The van der Waals surface area contributed by atoms with E-state index < -0.39 is 21.8 Å². The van der Waals surface area contributed by atoms with Gasteiger partial charge in [-0.25, -0.2) is 17.6 Å². The number of ether oxygens (including phenoxy) is 1. The van der Waals surface area contributed by atoms with Gasteiger partial charge >= 0.3 is 5.97 Å². The van der Waals surface area contributed by atoms with Gasteiger partial charge in [0.05, 0.1) is 17.7 Å². The Morgan fingerprint density at radius 2 is 1.86 bits per heavy atom. The first kappa shape index (κ1) is 20.6. The molecular formula is C19H20ClFN2O4S. The van der Waals surface area contributed by atoms with Crippen LogP contribution in [0.5, 0.6) is 0 Å². The highest BCUT2D eigenvalue weighted by molar-refractivity contribution is 7.89. The first-order valence-electron chi connectivity index (χ1n) is 8.64. The van der Waals surface area contributed by atoms with Crippen LogP contribution in [0, 0.1) is 5.82 Å². The Balaban J connectivity index is 1.77. The largest absolute Gasteiger partial charge is 0.465 e. The van der Waals surface area contributed by atoms with Crippen molar-refractivity contribution in [2.75, 3.05) is 31.6 Å². The van der Waals surface area contributed by atoms with Crippen LogP contribution in [-0.4, -0.2) is 51.5 Å². The molecule has 28 heavy (non-hydrogen) atoms. The van der Waals surface area contributed by atoms with E-state index in [4.69, 9.17) is 11.6 Å². The van der Waals surface area contributed by atoms with E-state index in [1.807, 2.05) is 11.8 Å². The van der Waals surface area contributed by atoms with Crippen LogP contribution in [-0.2, 0) is 14.8 Å². The molecule has 6 nitrogen and oxygen atoms in total. The Bertz CT molecular complexity index is 982. The van der Waals surface area contributed by atoms with Crippen molar-refractivity contribution in [1.29, 1.82) is 0 Å². The summed E-state index contributed by atoms with van der Waals surface area (Å²) in [5.74, 6) is -0.996. The highest BCUT2D eigenvalue weighted by atomic mass is 35.5. The summed E-state index contributed by atoms with van der Waals surface area (Å²) in [4.78, 5) is 13.5. The van der Waals surface area contributed by atoms with Crippen LogP contribution in [0.1, 0.15) is 17.3 Å². The van der Waals surface area contributed by atoms with Gasteiger partial charge in [0.25, 0.3) is 0 Å². The summed E-state index contributed by atoms with van der Waals surface area (Å²) in [6.07, 6.45) is 0. The number of nitrogens with zero attached hydrogens (tertiary/aromatic N) is 2. The fraction of sp³-hybridized carbons (Fsp3) is 0.316. The second kappa shape index (κ2) is 8.06. The molecule has 0 aromatic heterocycles. The van der Waals surface area contributed by atoms with Crippen molar-refractivity contribution in [3.05, 3.63) is 58.9 Å². The first-order valence-corrected chi connectivity index (χ1v) is 10.5. The lowest BCUT2D eigenvalue weighted by molar-refractivity contribution is 0.0600. The number of carbonyl (C=O) groups is 1. The molecule has 2 aromatic rings. The number of esters is 1. The molecule has 0 spiro atoms. The topological polar surface area (TPSA) is 66.9 Å². The average Bonchev–Trinajstić information content (AvgIpc) is 2.67. The van der Waals surface area contributed by atoms with Gasteiger partial charge in [-0.1, -0.05) is 11.6 Å². The maximum Gasteiger partial charge on any atom is 0.337 e. The first-order chi connectivity index (χ1) is 13.2. The normalized spacial score (nSPS) is 18.1. The van der Waals surface area contributed by atoms with Gasteiger partial charge in [0.2, 0.25) is 10.0 Å². The zero-order chi connectivity index (χ0) is 20.5. The van der Waals surface area contributed by atoms with E-state index in [-0.39, 0.29) is 22.5 Å². The second-order valence-corrected chi connectivity index (χ2v) is 8.79. The van der Waals surface area contributed by atoms with Crippen molar-refractivity contribution >= 4 is 33.3 Å². The van der Waals surface area contributed by atoms with Crippen LogP contribution >= 0.6 is 11.6 Å². The van der Waals surface area contributed by atoms with Crippen LogP contribution in [0.3, 0.4) is 0 Å². The van der Waals surface area contributed by atoms with E-state index in [1.54, 1.807) is 24.3 Å². The highest BCUT2D eigenvalue weighted by Gasteiger charge is 2.35. The predicted octanol–water partition coefficient (Wildman–Crippen LogP) is 3.17. The molecule has 1 aliphatic rings. The second-order valence-electron chi connectivity index (χ2n) is 6.52. The Labute approximate surface area is 168 Å². The van der Waals surface area contributed by atoms with Crippen molar-refractivity contribution in [3.63, 3.8) is 0 Å². The van der Waals surface area contributed by atoms with Gasteiger partial charge in [0.1, 0.15) is 10.7 Å². The maximum absolute atomic E-state index is 13.3. The standard InChI is InChI=1S/C19H20ClFN2O4S/c1-13-12-22(16-6-3-14(4-7-16)19(24)27-2)9-10-23(13)28(25,26)18-8-5-15(21)11-17(18)20/h3-8,11,13H,9-10,12H2,1-2H3.